The molecule has 5 heteroatoms. The van der Waals surface area contributed by atoms with Crippen molar-refractivity contribution >= 4 is 12.4 Å². The van der Waals surface area contributed by atoms with Gasteiger partial charge in [-0.3, -0.25) is 0 Å². The first-order chi connectivity index (χ1) is 7.92. The zero-order chi connectivity index (χ0) is 13.5. The molecule has 0 radical (unpaired) electrons. The van der Waals surface area contributed by atoms with Gasteiger partial charge in [-0.2, -0.15) is 0 Å². The van der Waals surface area contributed by atoms with E-state index in [0.717, 1.165) is 0 Å². The molecule has 0 bridgehead atoms. The van der Waals surface area contributed by atoms with E-state index in [1.54, 1.807) is 0 Å². The summed E-state index contributed by atoms with van der Waals surface area (Å²) in [4.78, 5) is 23.6. The molecule has 1 rings (SSSR count). The maximum atomic E-state index is 11.6. The summed E-state index contributed by atoms with van der Waals surface area (Å²) in [5.74, 6) is 0. The Morgan fingerprint density at radius 3 is 2.47 bits per heavy atom. The third-order valence-corrected chi connectivity index (χ3v) is 1.90. The molecular weight excluding hydrogens is 222 g/mol. The molecule has 1 aliphatic heterocycles. The molecule has 1 fully saturated rings. The molecule has 0 N–H and O–H groups in total. The first kappa shape index (κ1) is 15.9. The lowest BCUT2D eigenvalue weighted by Crippen LogP contribution is -2.47. The minimum atomic E-state index is -0.522. The van der Waals surface area contributed by atoms with Crippen LogP contribution in [0.1, 0.15) is 34.6 Å². The van der Waals surface area contributed by atoms with Crippen molar-refractivity contribution in [3.8, 4) is 0 Å². The highest BCUT2D eigenvalue weighted by molar-refractivity contribution is 5.69. The highest BCUT2D eigenvalue weighted by atomic mass is 16.6. The predicted octanol–water partition coefficient (Wildman–Crippen LogP) is 1.85. The van der Waals surface area contributed by atoms with Crippen molar-refractivity contribution in [2.75, 3.05) is 19.7 Å². The summed E-state index contributed by atoms with van der Waals surface area (Å²) in [5.41, 5.74) is -0.508. The summed E-state index contributed by atoms with van der Waals surface area (Å²) >= 11 is 0. The molecule has 5 nitrogen and oxygen atoms in total. The van der Waals surface area contributed by atoms with Crippen molar-refractivity contribution in [1.82, 2.24) is 4.90 Å². The van der Waals surface area contributed by atoms with E-state index >= 15 is 0 Å². The number of aldehydes is 1. The van der Waals surface area contributed by atoms with Gasteiger partial charge < -0.3 is 19.2 Å². The number of carbonyl (C=O) groups excluding carboxylic acids is 2. The van der Waals surface area contributed by atoms with Crippen molar-refractivity contribution in [2.45, 2.75) is 46.3 Å². The van der Waals surface area contributed by atoms with Gasteiger partial charge in [-0.1, -0.05) is 13.8 Å². The molecule has 1 unspecified atom stereocenters. The lowest BCUT2D eigenvalue weighted by molar-refractivity contribution is -0.123. The maximum absolute atomic E-state index is 11.6. The van der Waals surface area contributed by atoms with Gasteiger partial charge in [0.2, 0.25) is 0 Å². The van der Waals surface area contributed by atoms with Gasteiger partial charge in [0.25, 0.3) is 0 Å². The molecule has 0 spiro atoms. The Morgan fingerprint density at radius 2 is 2.00 bits per heavy atom. The molecule has 0 aliphatic carbocycles. The van der Waals surface area contributed by atoms with E-state index in [0.29, 0.717) is 19.4 Å². The normalized spacial score (nSPS) is 20.1. The first-order valence-electron chi connectivity index (χ1n) is 5.97. The third-order valence-electron chi connectivity index (χ3n) is 1.90. The Hall–Kier alpha value is -1.10. The molecule has 1 aliphatic rings. The van der Waals surface area contributed by atoms with E-state index in [4.69, 9.17) is 9.47 Å². The fourth-order valence-electron chi connectivity index (χ4n) is 1.25. The molecular formula is C12H23NO4. The fraction of sp³-hybridized carbons (Fsp3) is 0.833. The van der Waals surface area contributed by atoms with Crippen LogP contribution in [0, 0.1) is 0 Å². The van der Waals surface area contributed by atoms with Crippen molar-refractivity contribution in [1.29, 1.82) is 0 Å². The third kappa shape index (κ3) is 6.26. The van der Waals surface area contributed by atoms with Crippen LogP contribution in [0.25, 0.3) is 0 Å². The van der Waals surface area contributed by atoms with E-state index in [1.165, 1.54) is 4.90 Å². The van der Waals surface area contributed by atoms with Crippen LogP contribution in [0.2, 0.25) is 0 Å². The quantitative estimate of drug-likeness (QED) is 0.661. The minimum absolute atomic E-state index is 0.276. The number of nitrogens with zero attached hydrogens (tertiary/aromatic N) is 1. The summed E-state index contributed by atoms with van der Waals surface area (Å²) in [6.07, 6.45) is -0.208. The van der Waals surface area contributed by atoms with E-state index in [9.17, 15) is 9.59 Å². The van der Waals surface area contributed by atoms with Crippen molar-refractivity contribution < 1.29 is 19.1 Å². The molecule has 1 heterocycles. The maximum Gasteiger partial charge on any atom is 0.410 e. The SMILES string of the molecule is CC.CC(C)(C)OC(=O)N1CCOC(C=O)C1. The number of morpholine rings is 1. The molecule has 17 heavy (non-hydrogen) atoms. The minimum Gasteiger partial charge on any atom is -0.444 e. The van der Waals surface area contributed by atoms with Gasteiger partial charge in [-0.25, -0.2) is 4.79 Å². The zero-order valence-corrected chi connectivity index (χ0v) is 11.4. The summed E-state index contributed by atoms with van der Waals surface area (Å²) in [6.45, 7) is 10.5. The average molecular weight is 245 g/mol. The van der Waals surface area contributed by atoms with Crippen LogP contribution >= 0.6 is 0 Å². The first-order valence-corrected chi connectivity index (χ1v) is 5.97. The van der Waals surface area contributed by atoms with Crippen LogP contribution in [-0.2, 0) is 14.3 Å². The molecule has 1 amide bonds. The van der Waals surface area contributed by atoms with Crippen molar-refractivity contribution in [3.05, 3.63) is 0 Å². The number of hydrogen-bond donors (Lipinski definition) is 0. The second-order valence-corrected chi connectivity index (χ2v) is 4.47. The van der Waals surface area contributed by atoms with E-state index in [2.05, 4.69) is 0 Å². The number of rotatable bonds is 1. The Morgan fingerprint density at radius 1 is 1.41 bits per heavy atom. The van der Waals surface area contributed by atoms with Crippen molar-refractivity contribution in [3.63, 3.8) is 0 Å². The number of amides is 1. The number of ether oxygens (including phenoxy) is 2. The zero-order valence-electron chi connectivity index (χ0n) is 11.4. The molecule has 1 saturated heterocycles. The Balaban J connectivity index is 0.00000121. The standard InChI is InChI=1S/C10H17NO4.C2H6/c1-10(2,3)15-9(13)11-4-5-14-8(6-11)7-12;1-2/h7-8H,4-6H2,1-3H3;1-2H3. The second kappa shape index (κ2) is 7.27. The second-order valence-electron chi connectivity index (χ2n) is 4.47. The lowest BCUT2D eigenvalue weighted by atomic mass is 10.2. The molecule has 0 saturated carbocycles. The Kier molecular flexibility index (Phi) is 6.80. The van der Waals surface area contributed by atoms with Crippen LogP contribution in [0.4, 0.5) is 4.79 Å². The number of carbonyl (C=O) groups is 2. The highest BCUT2D eigenvalue weighted by Gasteiger charge is 2.27. The van der Waals surface area contributed by atoms with Gasteiger partial charge in [0.05, 0.1) is 13.2 Å². The van der Waals surface area contributed by atoms with Gasteiger partial charge in [0.1, 0.15) is 11.7 Å². The molecule has 100 valence electrons. The molecule has 0 aromatic heterocycles. The van der Waals surface area contributed by atoms with Crippen LogP contribution in [0.15, 0.2) is 0 Å². The molecule has 0 aromatic rings. The molecule has 1 atom stereocenters. The lowest BCUT2D eigenvalue weighted by Gasteiger charge is -2.32. The van der Waals surface area contributed by atoms with Gasteiger partial charge in [0.15, 0.2) is 6.29 Å². The smallest absolute Gasteiger partial charge is 0.410 e. The van der Waals surface area contributed by atoms with E-state index in [1.807, 2.05) is 34.6 Å². The van der Waals surface area contributed by atoms with Gasteiger partial charge in [-0.15, -0.1) is 0 Å². The monoisotopic (exact) mass is 245 g/mol. The van der Waals surface area contributed by atoms with Gasteiger partial charge >= 0.3 is 6.09 Å². The van der Waals surface area contributed by atoms with Crippen LogP contribution in [-0.4, -0.2) is 48.7 Å². The average Bonchev–Trinajstić information content (AvgIpc) is 2.29. The van der Waals surface area contributed by atoms with Gasteiger partial charge in [0, 0.05) is 6.54 Å². The summed E-state index contributed by atoms with van der Waals surface area (Å²) in [6, 6.07) is 0. The van der Waals surface area contributed by atoms with Crippen LogP contribution < -0.4 is 0 Å². The summed E-state index contributed by atoms with van der Waals surface area (Å²) in [5, 5.41) is 0. The fourth-order valence-corrected chi connectivity index (χ4v) is 1.25. The van der Waals surface area contributed by atoms with Gasteiger partial charge in [-0.05, 0) is 20.8 Å². The Bertz CT molecular complexity index is 247. The molecule has 0 aromatic carbocycles. The largest absolute Gasteiger partial charge is 0.444 e. The summed E-state index contributed by atoms with van der Waals surface area (Å²) < 4.78 is 10.3. The van der Waals surface area contributed by atoms with E-state index < -0.39 is 17.8 Å². The highest BCUT2D eigenvalue weighted by Crippen LogP contribution is 2.12. The van der Waals surface area contributed by atoms with E-state index in [-0.39, 0.29) is 6.54 Å². The van der Waals surface area contributed by atoms with Crippen LogP contribution in [0.3, 0.4) is 0 Å². The Labute approximate surface area is 103 Å². The van der Waals surface area contributed by atoms with Crippen LogP contribution in [0.5, 0.6) is 0 Å². The topological polar surface area (TPSA) is 55.8 Å². The summed E-state index contributed by atoms with van der Waals surface area (Å²) in [7, 11) is 0. The predicted molar refractivity (Wildman–Crippen MR) is 65.0 cm³/mol. The van der Waals surface area contributed by atoms with Crippen molar-refractivity contribution in [2.24, 2.45) is 0 Å². The number of hydrogen-bond acceptors (Lipinski definition) is 4.